The first-order valence-electron chi connectivity index (χ1n) is 7.78. The number of aromatic nitrogens is 2. The standard InChI is InChI=1S/C18H25N3/c1-4-9-20-18(17-8-10-19-13-21-17)16-7-5-6-15(12-16)11-14(2)3/h5-8,10,12-14,18,20H,4,9,11H2,1-3H3. The predicted octanol–water partition coefficient (Wildman–Crippen LogP) is 3.76. The van der Waals surface area contributed by atoms with Crippen LogP contribution in [-0.4, -0.2) is 16.5 Å². The molecule has 0 fully saturated rings. The van der Waals surface area contributed by atoms with Gasteiger partial charge in [0.25, 0.3) is 0 Å². The molecule has 0 amide bonds. The van der Waals surface area contributed by atoms with E-state index in [2.05, 4.69) is 60.3 Å². The molecule has 112 valence electrons. The number of hydrogen-bond acceptors (Lipinski definition) is 3. The Morgan fingerprint density at radius 3 is 2.71 bits per heavy atom. The topological polar surface area (TPSA) is 37.8 Å². The number of hydrogen-bond donors (Lipinski definition) is 1. The van der Waals surface area contributed by atoms with Crippen molar-refractivity contribution in [3.8, 4) is 0 Å². The normalized spacial score (nSPS) is 12.6. The first-order chi connectivity index (χ1) is 10.2. The molecule has 2 aromatic rings. The SMILES string of the molecule is CCCNC(c1cccc(CC(C)C)c1)c1ccncn1. The molecular formula is C18H25N3. The zero-order valence-electron chi connectivity index (χ0n) is 13.2. The van der Waals surface area contributed by atoms with Crippen molar-refractivity contribution >= 4 is 0 Å². The molecule has 1 unspecified atom stereocenters. The van der Waals surface area contributed by atoms with Crippen LogP contribution in [0.1, 0.15) is 50.1 Å². The van der Waals surface area contributed by atoms with Crippen LogP contribution >= 0.6 is 0 Å². The summed E-state index contributed by atoms with van der Waals surface area (Å²) in [7, 11) is 0. The minimum absolute atomic E-state index is 0.139. The van der Waals surface area contributed by atoms with E-state index in [4.69, 9.17) is 0 Å². The highest BCUT2D eigenvalue weighted by Gasteiger charge is 2.15. The van der Waals surface area contributed by atoms with E-state index in [1.54, 1.807) is 12.5 Å². The van der Waals surface area contributed by atoms with Gasteiger partial charge < -0.3 is 5.32 Å². The van der Waals surface area contributed by atoms with E-state index >= 15 is 0 Å². The molecule has 21 heavy (non-hydrogen) atoms. The highest BCUT2D eigenvalue weighted by atomic mass is 14.9. The Balaban J connectivity index is 2.28. The van der Waals surface area contributed by atoms with Crippen molar-refractivity contribution in [2.75, 3.05) is 6.54 Å². The number of nitrogens with zero attached hydrogens (tertiary/aromatic N) is 2. The van der Waals surface area contributed by atoms with Crippen molar-refractivity contribution in [1.29, 1.82) is 0 Å². The third-order valence-electron chi connectivity index (χ3n) is 3.43. The molecule has 1 aromatic heterocycles. The van der Waals surface area contributed by atoms with Crippen LogP contribution in [0.5, 0.6) is 0 Å². The summed E-state index contributed by atoms with van der Waals surface area (Å²) in [6.45, 7) is 7.66. The Labute approximate surface area is 127 Å². The van der Waals surface area contributed by atoms with Gasteiger partial charge in [-0.3, -0.25) is 0 Å². The molecule has 1 heterocycles. The predicted molar refractivity (Wildman–Crippen MR) is 87.2 cm³/mol. The highest BCUT2D eigenvalue weighted by molar-refractivity contribution is 5.31. The summed E-state index contributed by atoms with van der Waals surface area (Å²) in [4.78, 5) is 8.45. The fraction of sp³-hybridized carbons (Fsp3) is 0.444. The van der Waals surface area contributed by atoms with Gasteiger partial charge in [0, 0.05) is 6.20 Å². The number of nitrogens with one attached hydrogen (secondary N) is 1. The molecule has 0 saturated carbocycles. The van der Waals surface area contributed by atoms with E-state index in [-0.39, 0.29) is 6.04 Å². The molecule has 2 rings (SSSR count). The van der Waals surface area contributed by atoms with Crippen LogP contribution in [0.4, 0.5) is 0 Å². The van der Waals surface area contributed by atoms with Crippen LogP contribution in [0.25, 0.3) is 0 Å². The highest BCUT2D eigenvalue weighted by Crippen LogP contribution is 2.22. The van der Waals surface area contributed by atoms with Gasteiger partial charge in [0.1, 0.15) is 6.33 Å². The molecule has 0 saturated heterocycles. The average molecular weight is 283 g/mol. The Bertz CT molecular complexity index is 537. The maximum Gasteiger partial charge on any atom is 0.115 e. The average Bonchev–Trinajstić information content (AvgIpc) is 2.48. The second kappa shape index (κ2) is 7.89. The molecule has 1 N–H and O–H groups in total. The van der Waals surface area contributed by atoms with Crippen LogP contribution in [0.3, 0.4) is 0 Å². The molecule has 1 aromatic carbocycles. The fourth-order valence-corrected chi connectivity index (χ4v) is 2.52. The van der Waals surface area contributed by atoms with E-state index in [1.165, 1.54) is 11.1 Å². The summed E-state index contributed by atoms with van der Waals surface area (Å²) in [5.41, 5.74) is 3.69. The van der Waals surface area contributed by atoms with E-state index < -0.39 is 0 Å². The molecule has 0 aliphatic carbocycles. The third kappa shape index (κ3) is 4.64. The van der Waals surface area contributed by atoms with Gasteiger partial charge in [0.15, 0.2) is 0 Å². The summed E-state index contributed by atoms with van der Waals surface area (Å²) >= 11 is 0. The van der Waals surface area contributed by atoms with Gasteiger partial charge in [-0.15, -0.1) is 0 Å². The van der Waals surface area contributed by atoms with Gasteiger partial charge in [0.05, 0.1) is 11.7 Å². The third-order valence-corrected chi connectivity index (χ3v) is 3.43. The molecule has 3 nitrogen and oxygen atoms in total. The van der Waals surface area contributed by atoms with Gasteiger partial charge in [-0.1, -0.05) is 45.0 Å². The van der Waals surface area contributed by atoms with Crippen molar-refractivity contribution in [1.82, 2.24) is 15.3 Å². The molecule has 0 spiro atoms. The van der Waals surface area contributed by atoms with E-state index in [1.807, 2.05) is 6.07 Å². The minimum Gasteiger partial charge on any atom is -0.305 e. The summed E-state index contributed by atoms with van der Waals surface area (Å²) in [5.74, 6) is 0.668. The second-order valence-electron chi connectivity index (χ2n) is 5.86. The summed E-state index contributed by atoms with van der Waals surface area (Å²) in [6.07, 6.45) is 5.64. The van der Waals surface area contributed by atoms with Crippen molar-refractivity contribution in [2.45, 2.75) is 39.7 Å². The van der Waals surface area contributed by atoms with Gasteiger partial charge in [-0.05, 0) is 42.5 Å². The smallest absolute Gasteiger partial charge is 0.115 e. The quantitative estimate of drug-likeness (QED) is 0.840. The Hall–Kier alpha value is -1.74. The van der Waals surface area contributed by atoms with Crippen LogP contribution in [0.2, 0.25) is 0 Å². The molecule has 0 aliphatic heterocycles. The lowest BCUT2D eigenvalue weighted by Crippen LogP contribution is -2.24. The Morgan fingerprint density at radius 2 is 2.05 bits per heavy atom. The maximum absolute atomic E-state index is 4.43. The molecule has 0 bridgehead atoms. The summed E-state index contributed by atoms with van der Waals surface area (Å²) < 4.78 is 0. The first-order valence-corrected chi connectivity index (χ1v) is 7.78. The van der Waals surface area contributed by atoms with Crippen LogP contribution in [-0.2, 0) is 6.42 Å². The molecule has 1 atom stereocenters. The molecule has 3 heteroatoms. The van der Waals surface area contributed by atoms with Crippen molar-refractivity contribution < 1.29 is 0 Å². The van der Waals surface area contributed by atoms with Crippen molar-refractivity contribution in [3.05, 3.63) is 59.7 Å². The van der Waals surface area contributed by atoms with Gasteiger partial charge in [-0.25, -0.2) is 9.97 Å². The molecule has 0 radical (unpaired) electrons. The fourth-order valence-electron chi connectivity index (χ4n) is 2.52. The van der Waals surface area contributed by atoms with E-state index in [0.29, 0.717) is 5.92 Å². The Kier molecular flexibility index (Phi) is 5.88. The lowest BCUT2D eigenvalue weighted by molar-refractivity contribution is 0.583. The van der Waals surface area contributed by atoms with Crippen LogP contribution < -0.4 is 5.32 Å². The zero-order valence-corrected chi connectivity index (χ0v) is 13.2. The minimum atomic E-state index is 0.139. The lowest BCUT2D eigenvalue weighted by Gasteiger charge is -2.19. The van der Waals surface area contributed by atoms with Crippen molar-refractivity contribution in [2.24, 2.45) is 5.92 Å². The number of rotatable bonds is 7. The van der Waals surface area contributed by atoms with Crippen LogP contribution in [0, 0.1) is 5.92 Å². The largest absolute Gasteiger partial charge is 0.305 e. The Morgan fingerprint density at radius 1 is 1.19 bits per heavy atom. The van der Waals surface area contributed by atoms with E-state index in [9.17, 15) is 0 Å². The monoisotopic (exact) mass is 283 g/mol. The maximum atomic E-state index is 4.43. The molecule has 0 aliphatic rings. The second-order valence-corrected chi connectivity index (χ2v) is 5.86. The number of benzene rings is 1. The van der Waals surface area contributed by atoms with Crippen LogP contribution in [0.15, 0.2) is 42.9 Å². The first kappa shape index (κ1) is 15.6. The van der Waals surface area contributed by atoms with Gasteiger partial charge in [0.2, 0.25) is 0 Å². The summed E-state index contributed by atoms with van der Waals surface area (Å²) in [5, 5.41) is 3.59. The van der Waals surface area contributed by atoms with Gasteiger partial charge in [-0.2, -0.15) is 0 Å². The van der Waals surface area contributed by atoms with Gasteiger partial charge >= 0.3 is 0 Å². The molecular weight excluding hydrogens is 258 g/mol. The van der Waals surface area contributed by atoms with E-state index in [0.717, 1.165) is 25.1 Å². The summed E-state index contributed by atoms with van der Waals surface area (Å²) in [6, 6.07) is 11.0. The van der Waals surface area contributed by atoms with Crippen molar-refractivity contribution in [3.63, 3.8) is 0 Å². The lowest BCUT2D eigenvalue weighted by atomic mass is 9.96. The zero-order chi connectivity index (χ0) is 15.1.